The molecule has 0 aromatic heterocycles. The van der Waals surface area contributed by atoms with Crippen molar-refractivity contribution in [2.75, 3.05) is 5.75 Å². The third kappa shape index (κ3) is 21.3. The molecule has 0 aromatic rings. The summed E-state index contributed by atoms with van der Waals surface area (Å²) in [5.74, 6) is 2.57. The average molecular weight is 495 g/mol. The Hall–Kier alpha value is 0.819. The van der Waals surface area contributed by atoms with Crippen LogP contribution in [-0.4, -0.2) is 10.9 Å². The molecular weight excluding hydrogens is 460 g/mol. The van der Waals surface area contributed by atoms with Gasteiger partial charge in [-0.25, -0.2) is 0 Å². The topological polar surface area (TPSA) is 51.6 Å². The monoisotopic (exact) mass is 494 g/mol. The van der Waals surface area contributed by atoms with Crippen LogP contribution in [0.5, 0.6) is 0 Å². The van der Waals surface area contributed by atoms with E-state index in [0.29, 0.717) is 5.17 Å². The largest absolute Gasteiger partial charge is 2.00 e. The minimum atomic E-state index is 0. The molecule has 2 aliphatic carbocycles. The maximum absolute atomic E-state index is 5.40. The predicted octanol–water partition coefficient (Wildman–Crippen LogP) is 1.12. The van der Waals surface area contributed by atoms with Crippen LogP contribution in [0.2, 0.25) is 0 Å². The first-order valence-corrected chi connectivity index (χ1v) is 10.7. The Kier molecular flexibility index (Phi) is 25.7. The number of rotatable bonds is 12. The second-order valence-electron chi connectivity index (χ2n) is 6.44. The minimum absolute atomic E-state index is 0. The molecule has 2 aliphatic rings. The number of unbranched alkanes of at least 4 members (excludes halogenated alkanes) is 8. The van der Waals surface area contributed by atoms with Crippen LogP contribution in [-0.2, 0) is 17.1 Å². The first-order chi connectivity index (χ1) is 12.3. The summed E-state index contributed by atoms with van der Waals surface area (Å²) in [6, 6.07) is 0. The molecule has 4 N–H and O–H groups in total. The van der Waals surface area contributed by atoms with Gasteiger partial charge < -0.3 is 17.0 Å². The van der Waals surface area contributed by atoms with Crippen LogP contribution >= 0.6 is 11.8 Å². The zero-order chi connectivity index (χ0) is 18.0. The van der Waals surface area contributed by atoms with Gasteiger partial charge in [0, 0.05) is 5.75 Å². The molecule has 0 bridgehead atoms. The standard InChI is InChI=1S/C17H29N2S.C5H5.BrH.Fe/c18-17(19)20-15-11-7-5-3-1-2-4-6-8-12-16-13-9-10-14-16;1-2-4-5-3-1;;/h9-10,13-14H,1-8,11-12,15H2,(H3,18,19);1-5H;1H;/q;;;+2. The van der Waals surface area contributed by atoms with Crippen LogP contribution in [0.3, 0.4) is 0 Å². The quantitative estimate of drug-likeness (QED) is 0.185. The van der Waals surface area contributed by atoms with Crippen LogP contribution in [0.25, 0.3) is 0 Å². The van der Waals surface area contributed by atoms with E-state index in [-0.39, 0.29) is 34.1 Å². The normalized spacial score (nSPS) is 16.1. The van der Waals surface area contributed by atoms with E-state index in [1.807, 2.05) is 32.1 Å². The maximum atomic E-state index is 5.40. The number of hydrogen-bond donors (Lipinski definition) is 2. The van der Waals surface area contributed by atoms with Crippen molar-refractivity contribution in [1.82, 2.24) is 0 Å². The summed E-state index contributed by atoms with van der Waals surface area (Å²) < 4.78 is 0. The van der Waals surface area contributed by atoms with Crippen molar-refractivity contribution >= 4 is 16.9 Å². The van der Waals surface area contributed by atoms with Gasteiger partial charge >= 0.3 is 17.1 Å². The molecule has 0 amide bonds. The van der Waals surface area contributed by atoms with Gasteiger partial charge in [0.1, 0.15) is 0 Å². The Balaban J connectivity index is 0. The smallest absolute Gasteiger partial charge is 1.00 e. The number of hydrogen-bond acceptors (Lipinski definition) is 1. The molecule has 0 aromatic carbocycles. The van der Waals surface area contributed by atoms with Crippen molar-refractivity contribution in [2.24, 2.45) is 5.73 Å². The number of halogens is 1. The van der Waals surface area contributed by atoms with Gasteiger partial charge in [0.25, 0.3) is 5.17 Å². The van der Waals surface area contributed by atoms with Crippen LogP contribution in [0.4, 0.5) is 0 Å². The van der Waals surface area contributed by atoms with Gasteiger partial charge in [0.15, 0.2) is 0 Å². The molecule has 27 heavy (non-hydrogen) atoms. The van der Waals surface area contributed by atoms with Crippen molar-refractivity contribution in [1.29, 1.82) is 0 Å². The van der Waals surface area contributed by atoms with Gasteiger partial charge in [-0.1, -0.05) is 51.4 Å². The van der Waals surface area contributed by atoms with Crippen molar-refractivity contribution < 1.29 is 39.5 Å². The van der Waals surface area contributed by atoms with Crippen LogP contribution in [0.1, 0.15) is 64.2 Å². The summed E-state index contributed by atoms with van der Waals surface area (Å²) in [7, 11) is 0. The zero-order valence-electron chi connectivity index (χ0n) is 16.3. The molecule has 2 fully saturated rings. The summed E-state index contributed by atoms with van der Waals surface area (Å²) in [6.07, 6.45) is 32.2. The molecule has 2 saturated carbocycles. The number of nitrogens with two attached hydrogens (primary N) is 2. The van der Waals surface area contributed by atoms with E-state index in [9.17, 15) is 0 Å². The molecular formula is C22H35BrFeN2S+2. The molecule has 152 valence electrons. The fourth-order valence-electron chi connectivity index (χ4n) is 2.76. The maximum Gasteiger partial charge on any atom is 2.00 e. The second-order valence-corrected chi connectivity index (χ2v) is 7.61. The Bertz CT molecular complexity index is 301. The predicted molar refractivity (Wildman–Crippen MR) is 112 cm³/mol. The van der Waals surface area contributed by atoms with Gasteiger partial charge in [0.05, 0.1) is 0 Å². The molecule has 5 heteroatoms. The Morgan fingerprint density at radius 1 is 0.704 bits per heavy atom. The Morgan fingerprint density at radius 3 is 1.56 bits per heavy atom. The third-order valence-electron chi connectivity index (χ3n) is 4.17. The first-order valence-electron chi connectivity index (χ1n) is 9.67. The summed E-state index contributed by atoms with van der Waals surface area (Å²) in [5, 5.41) is 5.91. The van der Waals surface area contributed by atoms with Crippen molar-refractivity contribution in [3.05, 3.63) is 63.7 Å². The molecule has 0 spiro atoms. The van der Waals surface area contributed by atoms with E-state index in [2.05, 4.69) is 25.7 Å². The van der Waals surface area contributed by atoms with E-state index in [1.54, 1.807) is 11.8 Å². The van der Waals surface area contributed by atoms with E-state index in [1.165, 1.54) is 70.1 Å². The fraction of sp³-hybridized carbons (Fsp3) is 0.500. The molecule has 0 atom stereocenters. The van der Waals surface area contributed by atoms with Crippen molar-refractivity contribution in [3.63, 3.8) is 0 Å². The van der Waals surface area contributed by atoms with E-state index < -0.39 is 0 Å². The summed E-state index contributed by atoms with van der Waals surface area (Å²) in [4.78, 5) is 0. The van der Waals surface area contributed by atoms with Gasteiger partial charge in [-0.3, -0.25) is 11.1 Å². The molecule has 0 unspecified atom stereocenters. The molecule has 0 aliphatic heterocycles. The van der Waals surface area contributed by atoms with Crippen LogP contribution in [0, 0.1) is 63.7 Å². The molecule has 2 rings (SSSR count). The summed E-state index contributed by atoms with van der Waals surface area (Å²) >= 11 is 1.58. The minimum Gasteiger partial charge on any atom is -1.00 e. The van der Waals surface area contributed by atoms with E-state index >= 15 is 0 Å². The summed E-state index contributed by atoms with van der Waals surface area (Å²) in [5.41, 5.74) is 5.40. The van der Waals surface area contributed by atoms with Crippen molar-refractivity contribution in [3.8, 4) is 0 Å². The SMILES string of the molecule is NC(=[NH2+])SCCCCCCCCCCC[C]1[CH][CH][CH][CH]1.[Br-].[CH]1[CH][CH][CH][CH]1.[Fe+2]. The molecule has 0 saturated heterocycles. The summed E-state index contributed by atoms with van der Waals surface area (Å²) in [6.45, 7) is 0. The van der Waals surface area contributed by atoms with Crippen molar-refractivity contribution in [2.45, 2.75) is 64.2 Å². The third-order valence-corrected chi connectivity index (χ3v) is 4.99. The number of thioether (sulfide) groups is 1. The Labute approximate surface area is 195 Å². The molecule has 0 heterocycles. The second kappa shape index (κ2) is 23.1. The first kappa shape index (κ1) is 30.0. The van der Waals surface area contributed by atoms with Crippen LogP contribution < -0.4 is 28.1 Å². The van der Waals surface area contributed by atoms with Gasteiger partial charge in [0.2, 0.25) is 0 Å². The molecule has 2 nitrogen and oxygen atoms in total. The van der Waals surface area contributed by atoms with Gasteiger partial charge in [-0.2, -0.15) is 0 Å². The van der Waals surface area contributed by atoms with Gasteiger partial charge in [-0.05, 0) is 88.3 Å². The van der Waals surface area contributed by atoms with E-state index in [0.717, 1.165) is 5.75 Å². The average Bonchev–Trinajstić information content (AvgIpc) is 3.32. The zero-order valence-corrected chi connectivity index (χ0v) is 19.8. The van der Waals surface area contributed by atoms with E-state index in [4.69, 9.17) is 11.1 Å². The fourth-order valence-corrected chi connectivity index (χ4v) is 3.34. The molecule has 10 radical (unpaired) electrons. The van der Waals surface area contributed by atoms with Gasteiger partial charge in [-0.15, -0.1) is 0 Å². The van der Waals surface area contributed by atoms with Crippen LogP contribution in [0.15, 0.2) is 0 Å². The number of amidine groups is 1. The Morgan fingerprint density at radius 2 is 1.11 bits per heavy atom.